The van der Waals surface area contributed by atoms with Gasteiger partial charge in [-0.25, -0.2) is 0 Å². The third-order valence-corrected chi connectivity index (χ3v) is 5.50. The molecule has 6 nitrogen and oxygen atoms in total. The zero-order valence-corrected chi connectivity index (χ0v) is 17.5. The van der Waals surface area contributed by atoms with E-state index in [1.165, 1.54) is 22.9 Å². The van der Waals surface area contributed by atoms with Crippen molar-refractivity contribution >= 4 is 17.7 Å². The number of benzene rings is 2. The van der Waals surface area contributed by atoms with E-state index in [1.54, 1.807) is 4.68 Å². The number of carbonyl (C=O) groups is 1. The maximum absolute atomic E-state index is 12.5. The second-order valence-corrected chi connectivity index (χ2v) is 7.83. The van der Waals surface area contributed by atoms with Crippen LogP contribution in [0.3, 0.4) is 0 Å². The van der Waals surface area contributed by atoms with Gasteiger partial charge in [0.05, 0.1) is 17.5 Å². The summed E-state index contributed by atoms with van der Waals surface area (Å²) in [5.41, 5.74) is 5.52. The van der Waals surface area contributed by atoms with Crippen LogP contribution in [0.4, 0.5) is 0 Å². The number of rotatable bonds is 7. The molecule has 28 heavy (non-hydrogen) atoms. The fourth-order valence-electron chi connectivity index (χ4n) is 3.05. The summed E-state index contributed by atoms with van der Waals surface area (Å²) < 4.78 is 1.68. The second kappa shape index (κ2) is 9.01. The van der Waals surface area contributed by atoms with Crippen LogP contribution in [0.15, 0.2) is 47.6 Å². The van der Waals surface area contributed by atoms with E-state index in [0.717, 1.165) is 23.2 Å². The number of nitrogens with one attached hydrogen (secondary N) is 1. The number of tetrazole rings is 1. The Labute approximate surface area is 169 Å². The normalized spacial score (nSPS) is 12.0. The summed E-state index contributed by atoms with van der Waals surface area (Å²) in [4.78, 5) is 12.5. The van der Waals surface area contributed by atoms with Gasteiger partial charge in [-0.2, -0.15) is 4.68 Å². The van der Waals surface area contributed by atoms with E-state index in [-0.39, 0.29) is 17.7 Å². The van der Waals surface area contributed by atoms with Gasteiger partial charge in [-0.05, 0) is 54.8 Å². The van der Waals surface area contributed by atoms with Gasteiger partial charge >= 0.3 is 0 Å². The molecule has 3 rings (SSSR count). The monoisotopic (exact) mass is 395 g/mol. The van der Waals surface area contributed by atoms with Crippen molar-refractivity contribution in [2.75, 3.05) is 5.75 Å². The first-order valence-corrected chi connectivity index (χ1v) is 10.3. The zero-order valence-electron chi connectivity index (χ0n) is 16.6. The van der Waals surface area contributed by atoms with Crippen LogP contribution in [-0.4, -0.2) is 31.9 Å². The van der Waals surface area contributed by atoms with Gasteiger partial charge in [0, 0.05) is 0 Å². The maximum Gasteiger partial charge on any atom is 0.230 e. The molecule has 0 aliphatic heterocycles. The predicted octanol–water partition coefficient (Wildman–Crippen LogP) is 3.95. The van der Waals surface area contributed by atoms with Gasteiger partial charge in [0.15, 0.2) is 0 Å². The van der Waals surface area contributed by atoms with Crippen LogP contribution in [0.2, 0.25) is 0 Å². The average molecular weight is 396 g/mol. The van der Waals surface area contributed by atoms with Crippen LogP contribution >= 0.6 is 11.8 Å². The standard InChI is InChI=1S/C21H25N5OS/c1-5-18(17-9-6-14(2)7-10-17)22-20(27)13-28-21-23-24-25-26(21)19-11-8-15(3)12-16(19)4/h6-12,18H,5,13H2,1-4H3,(H,22,27)/t18-/m0/s1. The molecule has 1 atom stereocenters. The average Bonchev–Trinajstić information content (AvgIpc) is 3.13. The van der Waals surface area contributed by atoms with Crippen LogP contribution in [0.25, 0.3) is 5.69 Å². The Morgan fingerprint density at radius 2 is 1.82 bits per heavy atom. The van der Waals surface area contributed by atoms with Gasteiger partial charge in [-0.15, -0.1) is 5.10 Å². The molecule has 0 radical (unpaired) electrons. The van der Waals surface area contributed by atoms with Crippen LogP contribution in [0.1, 0.15) is 41.6 Å². The Morgan fingerprint density at radius 1 is 1.11 bits per heavy atom. The van der Waals surface area contributed by atoms with Gasteiger partial charge in [0.1, 0.15) is 0 Å². The molecule has 0 aliphatic rings. The predicted molar refractivity (Wildman–Crippen MR) is 112 cm³/mol. The molecule has 1 N–H and O–H groups in total. The van der Waals surface area contributed by atoms with Crippen molar-refractivity contribution in [1.82, 2.24) is 25.5 Å². The lowest BCUT2D eigenvalue weighted by atomic mass is 10.0. The fraction of sp³-hybridized carbons (Fsp3) is 0.333. The highest BCUT2D eigenvalue weighted by Gasteiger charge is 2.16. The Hall–Kier alpha value is -2.67. The van der Waals surface area contributed by atoms with Gasteiger partial charge in [-0.1, -0.05) is 66.2 Å². The van der Waals surface area contributed by atoms with E-state index in [4.69, 9.17) is 0 Å². The smallest absolute Gasteiger partial charge is 0.230 e. The maximum atomic E-state index is 12.5. The van der Waals surface area contributed by atoms with E-state index in [9.17, 15) is 4.79 Å². The molecule has 1 heterocycles. The molecule has 0 fully saturated rings. The van der Waals surface area contributed by atoms with Crippen molar-refractivity contribution in [2.45, 2.75) is 45.3 Å². The Kier molecular flexibility index (Phi) is 6.46. The van der Waals surface area contributed by atoms with E-state index < -0.39 is 0 Å². The summed E-state index contributed by atoms with van der Waals surface area (Å²) in [5.74, 6) is 0.223. The molecule has 0 aliphatic carbocycles. The number of amides is 1. The highest BCUT2D eigenvalue weighted by Crippen LogP contribution is 2.22. The molecule has 0 saturated heterocycles. The second-order valence-electron chi connectivity index (χ2n) is 6.89. The first-order chi connectivity index (χ1) is 13.5. The Morgan fingerprint density at radius 3 is 2.50 bits per heavy atom. The minimum Gasteiger partial charge on any atom is -0.349 e. The first-order valence-electron chi connectivity index (χ1n) is 9.32. The summed E-state index contributed by atoms with van der Waals surface area (Å²) in [6.45, 7) is 8.20. The molecule has 0 saturated carbocycles. The molecule has 3 aromatic rings. The van der Waals surface area contributed by atoms with Crippen molar-refractivity contribution in [3.63, 3.8) is 0 Å². The number of hydrogen-bond donors (Lipinski definition) is 1. The number of aromatic nitrogens is 4. The summed E-state index contributed by atoms with van der Waals surface area (Å²) in [5, 5.41) is 15.7. The van der Waals surface area contributed by atoms with Crippen molar-refractivity contribution in [1.29, 1.82) is 0 Å². The number of hydrogen-bond acceptors (Lipinski definition) is 5. The first kappa shape index (κ1) is 20.1. The molecule has 0 spiro atoms. The zero-order chi connectivity index (χ0) is 20.1. The van der Waals surface area contributed by atoms with Crippen molar-refractivity contribution in [3.05, 3.63) is 64.7 Å². The summed E-state index contributed by atoms with van der Waals surface area (Å²) in [6, 6.07) is 14.4. The molecule has 1 aromatic heterocycles. The van der Waals surface area contributed by atoms with E-state index in [0.29, 0.717) is 5.16 Å². The molecule has 1 amide bonds. The Balaban J connectivity index is 1.65. The molecule has 146 valence electrons. The largest absolute Gasteiger partial charge is 0.349 e. The van der Waals surface area contributed by atoms with Gasteiger partial charge in [0.25, 0.3) is 0 Å². The third-order valence-electron chi connectivity index (χ3n) is 4.58. The summed E-state index contributed by atoms with van der Waals surface area (Å²) in [6.07, 6.45) is 0.833. The van der Waals surface area contributed by atoms with Crippen LogP contribution in [0.5, 0.6) is 0 Å². The molecular formula is C21H25N5OS. The lowest BCUT2D eigenvalue weighted by Crippen LogP contribution is -2.29. The molecular weight excluding hydrogens is 370 g/mol. The van der Waals surface area contributed by atoms with E-state index in [2.05, 4.69) is 71.9 Å². The number of aryl methyl sites for hydroxylation is 3. The topological polar surface area (TPSA) is 72.7 Å². The number of thioether (sulfide) groups is 1. The summed E-state index contributed by atoms with van der Waals surface area (Å²) >= 11 is 1.33. The highest BCUT2D eigenvalue weighted by atomic mass is 32.2. The number of carbonyl (C=O) groups excluding carboxylic acids is 1. The Bertz CT molecular complexity index is 952. The SMILES string of the molecule is CC[C@H](NC(=O)CSc1nnnn1-c1ccc(C)cc1C)c1ccc(C)cc1. The lowest BCUT2D eigenvalue weighted by Gasteiger charge is -2.17. The minimum absolute atomic E-state index is 0.00374. The highest BCUT2D eigenvalue weighted by molar-refractivity contribution is 7.99. The fourth-order valence-corrected chi connectivity index (χ4v) is 3.74. The molecule has 2 aromatic carbocycles. The van der Waals surface area contributed by atoms with Crippen LogP contribution < -0.4 is 5.32 Å². The summed E-state index contributed by atoms with van der Waals surface area (Å²) in [7, 11) is 0. The van der Waals surface area contributed by atoms with E-state index in [1.807, 2.05) is 19.1 Å². The quantitative estimate of drug-likeness (QED) is 0.613. The van der Waals surface area contributed by atoms with Crippen molar-refractivity contribution in [2.24, 2.45) is 0 Å². The van der Waals surface area contributed by atoms with Crippen molar-refractivity contribution < 1.29 is 4.79 Å². The molecule has 7 heteroatoms. The third kappa shape index (κ3) is 4.78. The number of nitrogens with zero attached hydrogens (tertiary/aromatic N) is 4. The molecule has 0 unspecified atom stereocenters. The van der Waals surface area contributed by atoms with Crippen LogP contribution in [0, 0.1) is 20.8 Å². The van der Waals surface area contributed by atoms with Gasteiger partial charge in [0.2, 0.25) is 11.1 Å². The minimum atomic E-state index is -0.0346. The van der Waals surface area contributed by atoms with Crippen molar-refractivity contribution in [3.8, 4) is 5.69 Å². The van der Waals surface area contributed by atoms with Gasteiger partial charge in [-0.3, -0.25) is 4.79 Å². The molecule has 0 bridgehead atoms. The van der Waals surface area contributed by atoms with E-state index >= 15 is 0 Å². The van der Waals surface area contributed by atoms with Gasteiger partial charge < -0.3 is 5.32 Å². The van der Waals surface area contributed by atoms with Crippen LogP contribution in [-0.2, 0) is 4.79 Å². The lowest BCUT2D eigenvalue weighted by molar-refractivity contribution is -0.119.